The van der Waals surface area contributed by atoms with Crippen molar-refractivity contribution in [1.82, 2.24) is 15.5 Å². The largest absolute Gasteiger partial charge is 0.496 e. The standard InChI is InChI=1S/C23H32N4O3.HI/c1-5-24-22(28)17-30-20-12-9-10-18(14-20)15-26-23(25-6-2)27(3)16-19-11-7-8-13-21(19)29-4;/h7-14H,5-6,15-17H2,1-4H3,(H,24,28)(H,25,26);1H. The monoisotopic (exact) mass is 540 g/mol. The number of halogens is 1. The number of carbonyl (C=O) groups excluding carboxylic acids is 1. The highest BCUT2D eigenvalue weighted by Crippen LogP contribution is 2.19. The van der Waals surface area contributed by atoms with Gasteiger partial charge in [-0.1, -0.05) is 30.3 Å². The number of amides is 1. The fraction of sp³-hybridized carbons (Fsp3) is 0.391. The number of aliphatic imine (C=N–C) groups is 1. The Morgan fingerprint density at radius 2 is 1.81 bits per heavy atom. The van der Waals surface area contributed by atoms with Gasteiger partial charge in [-0.3, -0.25) is 4.79 Å². The number of ether oxygens (including phenoxy) is 2. The fourth-order valence-electron chi connectivity index (χ4n) is 2.93. The highest BCUT2D eigenvalue weighted by atomic mass is 127. The van der Waals surface area contributed by atoms with Crippen molar-refractivity contribution in [3.8, 4) is 11.5 Å². The molecule has 0 aliphatic rings. The third kappa shape index (κ3) is 9.04. The molecule has 0 radical (unpaired) electrons. The Balaban J connectivity index is 0.00000480. The van der Waals surface area contributed by atoms with Crippen molar-refractivity contribution in [3.05, 3.63) is 59.7 Å². The zero-order chi connectivity index (χ0) is 21.8. The number of rotatable bonds is 10. The molecule has 31 heavy (non-hydrogen) atoms. The summed E-state index contributed by atoms with van der Waals surface area (Å²) in [4.78, 5) is 18.4. The Labute approximate surface area is 202 Å². The summed E-state index contributed by atoms with van der Waals surface area (Å²) in [6.45, 7) is 6.45. The van der Waals surface area contributed by atoms with Crippen LogP contribution >= 0.6 is 24.0 Å². The summed E-state index contributed by atoms with van der Waals surface area (Å²) in [6, 6.07) is 15.6. The summed E-state index contributed by atoms with van der Waals surface area (Å²) < 4.78 is 11.0. The third-order valence-corrected chi connectivity index (χ3v) is 4.35. The minimum atomic E-state index is -0.131. The number of methoxy groups -OCH3 is 1. The van der Waals surface area contributed by atoms with Gasteiger partial charge in [0.25, 0.3) is 5.91 Å². The molecule has 0 bridgehead atoms. The second kappa shape index (κ2) is 14.5. The minimum Gasteiger partial charge on any atom is -0.496 e. The van der Waals surface area contributed by atoms with E-state index in [0.717, 1.165) is 29.4 Å². The van der Waals surface area contributed by atoms with E-state index in [4.69, 9.17) is 14.5 Å². The highest BCUT2D eigenvalue weighted by Gasteiger charge is 2.10. The van der Waals surface area contributed by atoms with Crippen LogP contribution in [0.5, 0.6) is 11.5 Å². The molecule has 0 atom stereocenters. The zero-order valence-corrected chi connectivity index (χ0v) is 21.0. The predicted molar refractivity (Wildman–Crippen MR) is 135 cm³/mol. The minimum absolute atomic E-state index is 0. The third-order valence-electron chi connectivity index (χ3n) is 4.35. The van der Waals surface area contributed by atoms with E-state index in [2.05, 4.69) is 21.6 Å². The van der Waals surface area contributed by atoms with E-state index in [0.29, 0.717) is 25.4 Å². The van der Waals surface area contributed by atoms with Gasteiger partial charge in [-0.25, -0.2) is 4.99 Å². The van der Waals surface area contributed by atoms with Gasteiger partial charge >= 0.3 is 0 Å². The molecular weight excluding hydrogens is 507 g/mol. The van der Waals surface area contributed by atoms with Crippen LogP contribution < -0.4 is 20.1 Å². The summed E-state index contributed by atoms with van der Waals surface area (Å²) in [7, 11) is 3.68. The number of hydrogen-bond acceptors (Lipinski definition) is 4. The molecule has 7 nitrogen and oxygen atoms in total. The lowest BCUT2D eigenvalue weighted by atomic mass is 10.2. The molecule has 0 unspecified atom stereocenters. The molecule has 2 N–H and O–H groups in total. The second-order valence-corrected chi connectivity index (χ2v) is 6.73. The number of hydrogen-bond donors (Lipinski definition) is 2. The highest BCUT2D eigenvalue weighted by molar-refractivity contribution is 14.0. The SMILES string of the molecule is CCNC(=O)COc1cccc(CN=C(NCC)N(C)Cc2ccccc2OC)c1.I. The number of nitrogens with one attached hydrogen (secondary N) is 2. The van der Waals surface area contributed by atoms with Gasteiger partial charge in [0.1, 0.15) is 11.5 Å². The fourth-order valence-corrected chi connectivity index (χ4v) is 2.93. The van der Waals surface area contributed by atoms with Crippen LogP contribution in [0.15, 0.2) is 53.5 Å². The van der Waals surface area contributed by atoms with E-state index in [1.807, 2.05) is 63.4 Å². The Morgan fingerprint density at radius 1 is 1.06 bits per heavy atom. The number of guanidine groups is 1. The summed E-state index contributed by atoms with van der Waals surface area (Å²) in [5.41, 5.74) is 2.10. The van der Waals surface area contributed by atoms with E-state index in [9.17, 15) is 4.79 Å². The molecule has 8 heteroatoms. The smallest absolute Gasteiger partial charge is 0.257 e. The van der Waals surface area contributed by atoms with E-state index in [-0.39, 0.29) is 36.5 Å². The van der Waals surface area contributed by atoms with E-state index >= 15 is 0 Å². The second-order valence-electron chi connectivity index (χ2n) is 6.73. The number of benzene rings is 2. The maximum Gasteiger partial charge on any atom is 0.257 e. The Hall–Kier alpha value is -2.49. The average molecular weight is 540 g/mol. The first-order valence-electron chi connectivity index (χ1n) is 10.2. The molecule has 0 saturated heterocycles. The summed E-state index contributed by atoms with van der Waals surface area (Å²) in [5.74, 6) is 2.18. The van der Waals surface area contributed by atoms with Crippen molar-refractivity contribution in [2.45, 2.75) is 26.9 Å². The van der Waals surface area contributed by atoms with Crippen molar-refractivity contribution >= 4 is 35.8 Å². The average Bonchev–Trinajstić information content (AvgIpc) is 2.76. The quantitative estimate of drug-likeness (QED) is 0.275. The normalized spacial score (nSPS) is 10.6. The van der Waals surface area contributed by atoms with Crippen molar-refractivity contribution in [2.24, 2.45) is 4.99 Å². The van der Waals surface area contributed by atoms with E-state index in [1.54, 1.807) is 7.11 Å². The lowest BCUT2D eigenvalue weighted by Gasteiger charge is -2.23. The van der Waals surface area contributed by atoms with E-state index < -0.39 is 0 Å². The van der Waals surface area contributed by atoms with Crippen LogP contribution in [0.3, 0.4) is 0 Å². The van der Waals surface area contributed by atoms with Gasteiger partial charge in [-0.2, -0.15) is 0 Å². The van der Waals surface area contributed by atoms with Crippen molar-refractivity contribution in [3.63, 3.8) is 0 Å². The molecule has 0 aromatic heterocycles. The topological polar surface area (TPSA) is 75.2 Å². The van der Waals surface area contributed by atoms with Gasteiger partial charge < -0.3 is 25.0 Å². The Morgan fingerprint density at radius 3 is 2.52 bits per heavy atom. The lowest BCUT2D eigenvalue weighted by molar-refractivity contribution is -0.122. The molecule has 1 amide bonds. The molecule has 0 aliphatic carbocycles. The van der Waals surface area contributed by atoms with Gasteiger partial charge in [0.05, 0.1) is 13.7 Å². The van der Waals surface area contributed by atoms with Crippen LogP contribution in [0.4, 0.5) is 0 Å². The molecule has 0 saturated carbocycles. The van der Waals surface area contributed by atoms with Gasteiger partial charge in [-0.05, 0) is 37.6 Å². The molecule has 2 rings (SSSR count). The maximum atomic E-state index is 11.6. The van der Waals surface area contributed by atoms with Crippen LogP contribution in [-0.4, -0.2) is 50.6 Å². The Kier molecular flexibility index (Phi) is 12.4. The van der Waals surface area contributed by atoms with Gasteiger partial charge in [0, 0.05) is 32.2 Å². The van der Waals surface area contributed by atoms with Crippen LogP contribution in [-0.2, 0) is 17.9 Å². The van der Waals surface area contributed by atoms with Gasteiger partial charge in [0.15, 0.2) is 12.6 Å². The van der Waals surface area contributed by atoms with Crippen molar-refractivity contribution < 1.29 is 14.3 Å². The Bertz CT molecular complexity index is 845. The molecule has 0 fully saturated rings. The van der Waals surface area contributed by atoms with Gasteiger partial charge in [0.2, 0.25) is 0 Å². The molecular formula is C23H33IN4O3. The molecule has 0 aliphatic heterocycles. The molecule has 0 heterocycles. The van der Waals surface area contributed by atoms with Crippen LogP contribution in [0.25, 0.3) is 0 Å². The lowest BCUT2D eigenvalue weighted by Crippen LogP contribution is -2.38. The molecule has 2 aromatic carbocycles. The first kappa shape index (κ1) is 26.5. The first-order chi connectivity index (χ1) is 14.6. The predicted octanol–water partition coefficient (Wildman–Crippen LogP) is 3.43. The summed E-state index contributed by atoms with van der Waals surface area (Å²) >= 11 is 0. The molecule has 170 valence electrons. The number of carbonyl (C=O) groups is 1. The molecule has 0 spiro atoms. The number of para-hydroxylation sites is 1. The van der Waals surface area contributed by atoms with Crippen molar-refractivity contribution in [1.29, 1.82) is 0 Å². The number of nitrogens with zero attached hydrogens (tertiary/aromatic N) is 2. The van der Waals surface area contributed by atoms with Crippen LogP contribution in [0, 0.1) is 0 Å². The zero-order valence-electron chi connectivity index (χ0n) is 18.7. The summed E-state index contributed by atoms with van der Waals surface area (Å²) in [5, 5.41) is 6.05. The van der Waals surface area contributed by atoms with Crippen molar-refractivity contribution in [2.75, 3.05) is 33.9 Å². The summed E-state index contributed by atoms with van der Waals surface area (Å²) in [6.07, 6.45) is 0. The molecule has 2 aromatic rings. The maximum absolute atomic E-state index is 11.6. The van der Waals surface area contributed by atoms with Gasteiger partial charge in [-0.15, -0.1) is 24.0 Å². The van der Waals surface area contributed by atoms with E-state index in [1.165, 1.54) is 0 Å². The van der Waals surface area contributed by atoms with Crippen LogP contribution in [0.2, 0.25) is 0 Å². The first-order valence-corrected chi connectivity index (χ1v) is 10.2. The number of likely N-dealkylation sites (N-methyl/N-ethyl adjacent to an activating group) is 1. The van der Waals surface area contributed by atoms with Crippen LogP contribution in [0.1, 0.15) is 25.0 Å².